The van der Waals surface area contributed by atoms with Crippen molar-refractivity contribution < 1.29 is 0 Å². The van der Waals surface area contributed by atoms with Crippen molar-refractivity contribution in [3.05, 3.63) is 546 Å². The first-order valence-corrected chi connectivity index (χ1v) is 47.1. The van der Waals surface area contributed by atoms with Crippen molar-refractivity contribution in [2.24, 2.45) is 0 Å². The minimum atomic E-state index is 1.22. The lowest BCUT2D eigenvalue weighted by Crippen LogP contribution is -1.93. The molecule has 0 spiro atoms. The predicted octanol–water partition coefficient (Wildman–Crippen LogP) is 38.3. The fourth-order valence-electron chi connectivity index (χ4n) is 21.0. The number of benzene rings is 26. The maximum atomic E-state index is 2.37. The van der Waals surface area contributed by atoms with Crippen LogP contribution in [-0.2, 0) is 0 Å². The molecule has 0 aromatic heterocycles. The van der Waals surface area contributed by atoms with Crippen LogP contribution in [0.5, 0.6) is 0 Å². The van der Waals surface area contributed by atoms with E-state index >= 15 is 0 Å². The van der Waals surface area contributed by atoms with Crippen LogP contribution >= 0.6 is 0 Å². The largest absolute Gasteiger partial charge is 0.0622 e. The third kappa shape index (κ3) is 15.6. The number of hydrogen-bond donors (Lipinski definition) is 0. The Balaban J connectivity index is 0.000000112. The normalized spacial score (nSPS) is 11.4. The molecule has 0 radical (unpaired) electrons. The monoisotopic (exact) mass is 1720 g/mol. The van der Waals surface area contributed by atoms with Crippen LogP contribution in [0.1, 0.15) is 0 Å². The molecule has 0 atom stereocenters. The standard InChI is InChI=1S/2C46H30.C44H30/c1-2-12-31(13-3-1)32-16-10-18-38(27-32)45-41-20-6-8-22-43(41)46(44-23-9-7-21-42(44)45)39-19-11-17-35(28-39)36-24-25-37-26-33-14-4-5-15-34(33)29-40(37)30-36;1-2-11-31(12-3-1)34-15-10-16-39(28-34)46-43-19-8-6-17-41(43)45(42-18-7-9-20-44(42)46)33-23-21-32(22-24-33)37-25-26-38-27-35-13-4-5-14-36(35)29-40(38)30-37;1-4-15-31(16-5-1)34-21-14-22-36(29-34)43-37-23-10-12-25-39(37)44(40-26-13-11-24-38(40)43)41-28-27-35(32-17-6-2-7-18-32)30-42(41)33-19-8-3-9-20-33/h2*1-30H;1-30H. The van der Waals surface area contributed by atoms with E-state index in [1.807, 2.05) is 0 Å². The molecule has 0 fully saturated rings. The average Bonchev–Trinajstić information content (AvgIpc) is 0.730. The summed E-state index contributed by atoms with van der Waals surface area (Å²) in [6.45, 7) is 0. The van der Waals surface area contributed by atoms with Crippen molar-refractivity contribution in [1.82, 2.24) is 0 Å². The van der Waals surface area contributed by atoms with E-state index in [0.29, 0.717) is 0 Å². The Hall–Kier alpha value is -17.7. The van der Waals surface area contributed by atoms with Gasteiger partial charge in [0.25, 0.3) is 0 Å². The molecule has 0 aliphatic heterocycles. The van der Waals surface area contributed by atoms with Crippen LogP contribution in [0.25, 0.3) is 252 Å². The lowest BCUT2D eigenvalue weighted by molar-refractivity contribution is 1.58. The number of fused-ring (bicyclic) bond motifs is 10. The van der Waals surface area contributed by atoms with Gasteiger partial charge in [0.1, 0.15) is 0 Å². The SMILES string of the molecule is c1ccc(-c2cccc(-c3c4ccccc4c(-c4ccc(-c5ccc6cc7ccccc7cc6c5)cc4)c4ccccc34)c2)cc1.c1ccc(-c2cccc(-c3c4ccccc4c(-c4ccc(-c5ccccc5)cc4-c4ccccc4)c4ccccc34)c2)cc1.c1ccc(-c2cccc(-c3c4ccccc4c(-c4cccc(-c5ccc6cc7ccccc7cc6c5)c4)c4ccccc34)c2)cc1. The van der Waals surface area contributed by atoms with Crippen LogP contribution in [-0.4, -0.2) is 0 Å². The lowest BCUT2D eigenvalue weighted by Gasteiger charge is -2.20. The molecule has 0 saturated carbocycles. The van der Waals surface area contributed by atoms with Gasteiger partial charge in [-0.2, -0.15) is 0 Å². The molecule has 0 nitrogen and oxygen atoms in total. The van der Waals surface area contributed by atoms with E-state index in [0.717, 1.165) is 0 Å². The highest BCUT2D eigenvalue weighted by Gasteiger charge is 2.24. The summed E-state index contributed by atoms with van der Waals surface area (Å²) in [5.74, 6) is 0. The highest BCUT2D eigenvalue weighted by molar-refractivity contribution is 6.25. The van der Waals surface area contributed by atoms with Gasteiger partial charge < -0.3 is 0 Å². The topological polar surface area (TPSA) is 0 Å². The van der Waals surface area contributed by atoms with Crippen LogP contribution in [0.2, 0.25) is 0 Å². The van der Waals surface area contributed by atoms with Gasteiger partial charge in [0, 0.05) is 0 Å². The van der Waals surface area contributed by atoms with E-state index in [9.17, 15) is 0 Å². The molecule has 0 heteroatoms. The summed E-state index contributed by atoms with van der Waals surface area (Å²) in [6.07, 6.45) is 0. The minimum absolute atomic E-state index is 1.22. The van der Waals surface area contributed by atoms with Gasteiger partial charge in [-0.1, -0.05) is 479 Å². The first-order chi connectivity index (χ1) is 67.4. The van der Waals surface area contributed by atoms with Crippen LogP contribution in [0.3, 0.4) is 0 Å². The van der Waals surface area contributed by atoms with Gasteiger partial charge in [0.15, 0.2) is 0 Å². The summed E-state index contributed by atoms with van der Waals surface area (Å²) in [5.41, 5.74) is 32.3. The van der Waals surface area contributed by atoms with Crippen LogP contribution in [0.4, 0.5) is 0 Å². The molecule has 0 aliphatic rings. The highest BCUT2D eigenvalue weighted by Crippen LogP contribution is 2.51. The molecule has 0 heterocycles. The van der Waals surface area contributed by atoms with E-state index in [1.165, 1.54) is 252 Å². The predicted molar refractivity (Wildman–Crippen MR) is 585 cm³/mol. The van der Waals surface area contributed by atoms with Crippen molar-refractivity contribution in [3.63, 3.8) is 0 Å². The third-order valence-electron chi connectivity index (χ3n) is 27.5. The zero-order valence-corrected chi connectivity index (χ0v) is 75.0. The molecule has 0 N–H and O–H groups in total. The molecule has 136 heavy (non-hydrogen) atoms. The van der Waals surface area contributed by atoms with Crippen LogP contribution in [0.15, 0.2) is 546 Å². The van der Waals surface area contributed by atoms with E-state index in [4.69, 9.17) is 0 Å². The molecule has 0 amide bonds. The zero-order valence-electron chi connectivity index (χ0n) is 75.0. The second kappa shape index (κ2) is 35.9. The van der Waals surface area contributed by atoms with Gasteiger partial charge in [-0.25, -0.2) is 0 Å². The Morgan fingerprint density at radius 2 is 0.257 bits per heavy atom. The van der Waals surface area contributed by atoms with Gasteiger partial charge in [-0.3, -0.25) is 0 Å². The first-order valence-electron chi connectivity index (χ1n) is 47.1. The van der Waals surface area contributed by atoms with Gasteiger partial charge in [-0.15, -0.1) is 0 Å². The fourth-order valence-corrected chi connectivity index (χ4v) is 21.0. The van der Waals surface area contributed by atoms with Gasteiger partial charge in [-0.05, 0) is 319 Å². The molecule has 0 saturated heterocycles. The Labute approximate surface area is 792 Å². The Morgan fingerprint density at radius 3 is 0.566 bits per heavy atom. The van der Waals surface area contributed by atoms with E-state index in [-0.39, 0.29) is 0 Å². The molecule has 26 aromatic rings. The van der Waals surface area contributed by atoms with E-state index in [2.05, 4.69) is 546 Å². The smallest absolute Gasteiger partial charge is 0.00201 e. The Bertz CT molecular complexity index is 8880. The molecular weight excluding hydrogens is 1630 g/mol. The van der Waals surface area contributed by atoms with E-state index < -0.39 is 0 Å². The van der Waals surface area contributed by atoms with Gasteiger partial charge in [0.05, 0.1) is 0 Å². The average molecular weight is 1720 g/mol. The summed E-state index contributed by atoms with van der Waals surface area (Å²) in [7, 11) is 0. The molecule has 634 valence electrons. The molecule has 26 rings (SSSR count). The van der Waals surface area contributed by atoms with Crippen molar-refractivity contribution in [3.8, 4) is 145 Å². The fraction of sp³-hybridized carbons (Fsp3) is 0. The first kappa shape index (κ1) is 81.5. The molecular formula is C136H90. The quantitative estimate of drug-likeness (QED) is 0.101. The second-order valence-electron chi connectivity index (χ2n) is 35.5. The molecule has 0 bridgehead atoms. The minimum Gasteiger partial charge on any atom is -0.0622 e. The Kier molecular flexibility index (Phi) is 21.5. The lowest BCUT2D eigenvalue weighted by atomic mass is 9.83. The van der Waals surface area contributed by atoms with Crippen molar-refractivity contribution in [2.75, 3.05) is 0 Å². The summed E-state index contributed by atoms with van der Waals surface area (Å²) >= 11 is 0. The van der Waals surface area contributed by atoms with Gasteiger partial charge >= 0.3 is 0 Å². The number of hydrogen-bond acceptors (Lipinski definition) is 0. The highest BCUT2D eigenvalue weighted by atomic mass is 14.3. The van der Waals surface area contributed by atoms with Crippen LogP contribution in [0, 0.1) is 0 Å². The zero-order chi connectivity index (χ0) is 90.2. The Morgan fingerprint density at radius 1 is 0.0735 bits per heavy atom. The molecule has 26 aromatic carbocycles. The van der Waals surface area contributed by atoms with Gasteiger partial charge in [0.2, 0.25) is 0 Å². The third-order valence-corrected chi connectivity index (χ3v) is 27.5. The van der Waals surface area contributed by atoms with E-state index in [1.54, 1.807) is 0 Å². The molecule has 0 unspecified atom stereocenters. The summed E-state index contributed by atoms with van der Waals surface area (Å²) < 4.78 is 0. The summed E-state index contributed by atoms with van der Waals surface area (Å²) in [4.78, 5) is 0. The second-order valence-corrected chi connectivity index (χ2v) is 35.5. The number of rotatable bonds is 13. The van der Waals surface area contributed by atoms with Crippen molar-refractivity contribution in [2.45, 2.75) is 0 Å². The maximum Gasteiger partial charge on any atom is -0.00201 e. The maximum absolute atomic E-state index is 2.37. The summed E-state index contributed by atoms with van der Waals surface area (Å²) in [5, 5.41) is 25.4. The van der Waals surface area contributed by atoms with Crippen molar-refractivity contribution >= 4 is 108 Å². The summed E-state index contributed by atoms with van der Waals surface area (Å²) in [6, 6.07) is 199. The van der Waals surface area contributed by atoms with Crippen molar-refractivity contribution in [1.29, 1.82) is 0 Å². The van der Waals surface area contributed by atoms with Crippen LogP contribution < -0.4 is 0 Å². The molecule has 0 aliphatic carbocycles.